The quantitative estimate of drug-likeness (QED) is 0.791. The van der Waals surface area contributed by atoms with Crippen molar-refractivity contribution in [3.05, 3.63) is 16.1 Å². The molecule has 96 valence electrons. The van der Waals surface area contributed by atoms with E-state index in [2.05, 4.69) is 29.1 Å². The van der Waals surface area contributed by atoms with Gasteiger partial charge in [0.25, 0.3) is 0 Å². The molecule has 0 atom stereocenters. The van der Waals surface area contributed by atoms with Crippen LogP contribution in [0.1, 0.15) is 56.7 Å². The molecule has 1 heterocycles. The van der Waals surface area contributed by atoms with Gasteiger partial charge in [0.15, 0.2) is 0 Å². The van der Waals surface area contributed by atoms with Gasteiger partial charge < -0.3 is 0 Å². The molecule has 0 N–H and O–H groups in total. The summed E-state index contributed by atoms with van der Waals surface area (Å²) in [5.74, 6) is 0. The molecule has 0 radical (unpaired) electrons. The van der Waals surface area contributed by atoms with Crippen LogP contribution in [0.4, 0.5) is 0 Å². The van der Waals surface area contributed by atoms with Crippen LogP contribution in [0.5, 0.6) is 0 Å². The van der Waals surface area contributed by atoms with Crippen LogP contribution >= 0.6 is 11.3 Å². The highest BCUT2D eigenvalue weighted by Crippen LogP contribution is 2.24. The Balaban J connectivity index is 1.93. The summed E-state index contributed by atoms with van der Waals surface area (Å²) >= 11 is 1.81. The predicted octanol–water partition coefficient (Wildman–Crippen LogP) is 3.86. The summed E-state index contributed by atoms with van der Waals surface area (Å²) in [6.45, 7) is 6.67. The number of aromatic nitrogens is 1. The van der Waals surface area contributed by atoms with Crippen LogP contribution in [0.15, 0.2) is 5.38 Å². The lowest BCUT2D eigenvalue weighted by atomic mass is 9.94. The van der Waals surface area contributed by atoms with E-state index in [1.807, 2.05) is 11.3 Å². The Morgan fingerprint density at radius 3 is 2.65 bits per heavy atom. The van der Waals surface area contributed by atoms with Gasteiger partial charge in [0.05, 0.1) is 10.7 Å². The topological polar surface area (TPSA) is 16.1 Å². The smallest absolute Gasteiger partial charge is 0.0926 e. The van der Waals surface area contributed by atoms with Gasteiger partial charge in [0.1, 0.15) is 0 Å². The Kier molecular flexibility index (Phi) is 4.99. The lowest BCUT2D eigenvalue weighted by molar-refractivity contribution is 0.154. The zero-order valence-electron chi connectivity index (χ0n) is 11.1. The van der Waals surface area contributed by atoms with Gasteiger partial charge >= 0.3 is 0 Å². The van der Waals surface area contributed by atoms with E-state index >= 15 is 0 Å². The maximum absolute atomic E-state index is 4.69. The maximum atomic E-state index is 4.69. The van der Waals surface area contributed by atoms with Crippen molar-refractivity contribution in [1.82, 2.24) is 9.88 Å². The molecule has 0 saturated heterocycles. The molecule has 1 aromatic heterocycles. The van der Waals surface area contributed by atoms with Crippen LogP contribution in [0, 0.1) is 0 Å². The lowest BCUT2D eigenvalue weighted by Gasteiger charge is -2.33. The van der Waals surface area contributed by atoms with Crippen LogP contribution in [-0.4, -0.2) is 22.5 Å². The molecule has 17 heavy (non-hydrogen) atoms. The highest BCUT2D eigenvalue weighted by molar-refractivity contribution is 7.09. The molecule has 2 nitrogen and oxygen atoms in total. The van der Waals surface area contributed by atoms with E-state index < -0.39 is 0 Å². The Morgan fingerprint density at radius 2 is 2.06 bits per heavy atom. The van der Waals surface area contributed by atoms with Gasteiger partial charge in [-0.15, -0.1) is 11.3 Å². The summed E-state index contributed by atoms with van der Waals surface area (Å²) in [5, 5.41) is 3.52. The van der Waals surface area contributed by atoms with Gasteiger partial charge in [0, 0.05) is 18.0 Å². The summed E-state index contributed by atoms with van der Waals surface area (Å²) in [4.78, 5) is 7.31. The summed E-state index contributed by atoms with van der Waals surface area (Å²) in [7, 11) is 0. The fourth-order valence-corrected chi connectivity index (χ4v) is 3.47. The van der Waals surface area contributed by atoms with E-state index in [1.54, 1.807) is 0 Å². The molecule has 0 aliphatic heterocycles. The predicted molar refractivity (Wildman–Crippen MR) is 74.4 cm³/mol. The molecule has 0 unspecified atom stereocenters. The molecular formula is C14H24N2S. The van der Waals surface area contributed by atoms with Crippen LogP contribution < -0.4 is 0 Å². The Labute approximate surface area is 109 Å². The standard InChI is InChI=1S/C14H24N2S/c1-3-14-15-12(11-17-14)10-16(4-2)13-8-6-5-7-9-13/h11,13H,3-10H2,1-2H3. The molecule has 0 bridgehead atoms. The van der Waals surface area contributed by atoms with Gasteiger partial charge in [0.2, 0.25) is 0 Å². The number of nitrogens with zero attached hydrogens (tertiary/aromatic N) is 2. The van der Waals surface area contributed by atoms with Gasteiger partial charge in [-0.1, -0.05) is 33.1 Å². The molecule has 3 heteroatoms. The number of hydrogen-bond donors (Lipinski definition) is 0. The second kappa shape index (κ2) is 6.50. The largest absolute Gasteiger partial charge is 0.295 e. The molecule has 1 aliphatic carbocycles. The van der Waals surface area contributed by atoms with E-state index in [-0.39, 0.29) is 0 Å². The van der Waals surface area contributed by atoms with Crippen molar-refractivity contribution in [3.8, 4) is 0 Å². The average molecular weight is 252 g/mol. The van der Waals surface area contributed by atoms with Crippen molar-refractivity contribution in [2.45, 2.75) is 65.0 Å². The minimum atomic E-state index is 0.806. The third kappa shape index (κ3) is 3.52. The van der Waals surface area contributed by atoms with Crippen molar-refractivity contribution in [2.75, 3.05) is 6.54 Å². The summed E-state index contributed by atoms with van der Waals surface area (Å²) in [5.41, 5.74) is 1.28. The van der Waals surface area contributed by atoms with E-state index in [0.717, 1.165) is 25.6 Å². The molecule has 2 rings (SSSR count). The van der Waals surface area contributed by atoms with E-state index in [4.69, 9.17) is 0 Å². The van der Waals surface area contributed by atoms with Crippen molar-refractivity contribution in [2.24, 2.45) is 0 Å². The van der Waals surface area contributed by atoms with Crippen molar-refractivity contribution >= 4 is 11.3 Å². The summed E-state index contributed by atoms with van der Waals surface area (Å²) < 4.78 is 0. The van der Waals surface area contributed by atoms with Crippen LogP contribution in [-0.2, 0) is 13.0 Å². The molecule has 1 aliphatic rings. The van der Waals surface area contributed by atoms with Crippen molar-refractivity contribution in [1.29, 1.82) is 0 Å². The fourth-order valence-electron chi connectivity index (χ4n) is 2.74. The fraction of sp³-hybridized carbons (Fsp3) is 0.786. The van der Waals surface area contributed by atoms with E-state index in [0.29, 0.717) is 0 Å². The second-order valence-electron chi connectivity index (χ2n) is 4.94. The third-order valence-corrected chi connectivity index (χ3v) is 4.81. The second-order valence-corrected chi connectivity index (χ2v) is 5.88. The molecule has 0 spiro atoms. The minimum Gasteiger partial charge on any atom is -0.295 e. The molecule has 1 aromatic rings. The summed E-state index contributed by atoms with van der Waals surface area (Å²) in [6, 6.07) is 0.806. The van der Waals surface area contributed by atoms with Crippen LogP contribution in [0.25, 0.3) is 0 Å². The van der Waals surface area contributed by atoms with Gasteiger partial charge in [-0.3, -0.25) is 4.90 Å². The number of thiazole rings is 1. The number of rotatable bonds is 5. The first-order valence-corrected chi connectivity index (χ1v) is 7.88. The van der Waals surface area contributed by atoms with E-state index in [9.17, 15) is 0 Å². The molecule has 1 fully saturated rings. The Hall–Kier alpha value is -0.410. The number of aryl methyl sites for hydroxylation is 1. The average Bonchev–Trinajstić information content (AvgIpc) is 2.84. The first kappa shape index (κ1) is 13.0. The monoisotopic (exact) mass is 252 g/mol. The Morgan fingerprint density at radius 1 is 1.29 bits per heavy atom. The first-order chi connectivity index (χ1) is 8.33. The minimum absolute atomic E-state index is 0.806. The normalized spacial score (nSPS) is 17.8. The van der Waals surface area contributed by atoms with Gasteiger partial charge in [-0.25, -0.2) is 4.98 Å². The summed E-state index contributed by atoms with van der Waals surface area (Å²) in [6.07, 6.45) is 8.11. The Bertz CT molecular complexity index is 329. The lowest BCUT2D eigenvalue weighted by Crippen LogP contribution is -2.36. The first-order valence-electron chi connectivity index (χ1n) is 7.00. The molecular weight excluding hydrogens is 228 g/mol. The number of hydrogen-bond acceptors (Lipinski definition) is 3. The zero-order valence-corrected chi connectivity index (χ0v) is 11.9. The molecule has 1 saturated carbocycles. The SMILES string of the molecule is CCc1nc(CN(CC)C2CCCCC2)cs1. The van der Waals surface area contributed by atoms with Gasteiger partial charge in [-0.05, 0) is 25.8 Å². The molecule has 0 amide bonds. The maximum Gasteiger partial charge on any atom is 0.0926 e. The van der Waals surface area contributed by atoms with Crippen molar-refractivity contribution in [3.63, 3.8) is 0 Å². The van der Waals surface area contributed by atoms with Crippen LogP contribution in [0.2, 0.25) is 0 Å². The zero-order chi connectivity index (χ0) is 12.1. The molecule has 0 aromatic carbocycles. The third-order valence-electron chi connectivity index (χ3n) is 3.76. The highest BCUT2D eigenvalue weighted by Gasteiger charge is 2.20. The van der Waals surface area contributed by atoms with E-state index in [1.165, 1.54) is 42.8 Å². The highest BCUT2D eigenvalue weighted by atomic mass is 32.1. The van der Waals surface area contributed by atoms with Crippen LogP contribution in [0.3, 0.4) is 0 Å². The van der Waals surface area contributed by atoms with Crippen molar-refractivity contribution < 1.29 is 0 Å². The van der Waals surface area contributed by atoms with Gasteiger partial charge in [-0.2, -0.15) is 0 Å².